The van der Waals surface area contributed by atoms with Gasteiger partial charge >= 0.3 is 0 Å². The quantitative estimate of drug-likeness (QED) is 0.572. The number of hydrogen-bond donors (Lipinski definition) is 0. The average molecular weight is 147 g/mol. The van der Waals surface area contributed by atoms with Gasteiger partial charge in [0.1, 0.15) is 5.76 Å². The standard InChI is InChI=1S/C9H9NO/c1-6-7(2)11-9-5-10-4-3-8(6)9/h3-5H,1-2H3. The van der Waals surface area contributed by atoms with E-state index in [4.69, 9.17) is 4.42 Å². The van der Waals surface area contributed by atoms with Crippen LogP contribution in [0, 0.1) is 13.8 Å². The summed E-state index contributed by atoms with van der Waals surface area (Å²) in [4.78, 5) is 3.97. The molecule has 2 heterocycles. The first-order valence-electron chi connectivity index (χ1n) is 3.59. The lowest BCUT2D eigenvalue weighted by Gasteiger charge is -1.84. The van der Waals surface area contributed by atoms with Gasteiger partial charge < -0.3 is 4.42 Å². The van der Waals surface area contributed by atoms with Crippen molar-refractivity contribution in [3.05, 3.63) is 29.8 Å². The van der Waals surface area contributed by atoms with E-state index in [-0.39, 0.29) is 0 Å². The van der Waals surface area contributed by atoms with Gasteiger partial charge in [0.05, 0.1) is 6.20 Å². The second-order valence-corrected chi connectivity index (χ2v) is 2.66. The van der Waals surface area contributed by atoms with E-state index < -0.39 is 0 Å². The number of aryl methyl sites for hydroxylation is 2. The van der Waals surface area contributed by atoms with E-state index in [2.05, 4.69) is 11.9 Å². The molecule has 0 fully saturated rings. The Hall–Kier alpha value is -1.31. The van der Waals surface area contributed by atoms with Crippen molar-refractivity contribution in [1.29, 1.82) is 0 Å². The fourth-order valence-corrected chi connectivity index (χ4v) is 1.20. The van der Waals surface area contributed by atoms with Crippen LogP contribution in [0.25, 0.3) is 11.0 Å². The molecule has 0 spiro atoms. The molecule has 2 aromatic rings. The molecule has 0 radical (unpaired) electrons. The maximum atomic E-state index is 5.44. The molecule has 0 N–H and O–H groups in total. The summed E-state index contributed by atoms with van der Waals surface area (Å²) in [6, 6.07) is 1.97. The first-order valence-corrected chi connectivity index (χ1v) is 3.59. The van der Waals surface area contributed by atoms with Crippen LogP contribution in [0.15, 0.2) is 22.9 Å². The Kier molecular flexibility index (Phi) is 1.22. The van der Waals surface area contributed by atoms with Crippen molar-refractivity contribution in [2.45, 2.75) is 13.8 Å². The van der Waals surface area contributed by atoms with Crippen molar-refractivity contribution in [2.75, 3.05) is 0 Å². The molecule has 0 unspecified atom stereocenters. The van der Waals surface area contributed by atoms with Crippen LogP contribution in [-0.2, 0) is 0 Å². The molecule has 0 aromatic carbocycles. The summed E-state index contributed by atoms with van der Waals surface area (Å²) in [5, 5.41) is 1.16. The maximum Gasteiger partial charge on any atom is 0.152 e. The lowest BCUT2D eigenvalue weighted by molar-refractivity contribution is 0.574. The van der Waals surface area contributed by atoms with Crippen molar-refractivity contribution >= 4 is 11.0 Å². The largest absolute Gasteiger partial charge is 0.459 e. The van der Waals surface area contributed by atoms with Crippen molar-refractivity contribution < 1.29 is 4.42 Å². The lowest BCUT2D eigenvalue weighted by atomic mass is 10.2. The predicted octanol–water partition coefficient (Wildman–Crippen LogP) is 2.44. The zero-order valence-corrected chi connectivity index (χ0v) is 6.59. The SMILES string of the molecule is Cc1oc2cnccc2c1C. The third-order valence-corrected chi connectivity index (χ3v) is 1.98. The monoisotopic (exact) mass is 147 g/mol. The second kappa shape index (κ2) is 2.09. The van der Waals surface area contributed by atoms with Crippen molar-refractivity contribution in [1.82, 2.24) is 4.98 Å². The fraction of sp³-hybridized carbons (Fsp3) is 0.222. The number of pyridine rings is 1. The zero-order chi connectivity index (χ0) is 7.84. The highest BCUT2D eigenvalue weighted by molar-refractivity contribution is 5.80. The Labute approximate surface area is 64.9 Å². The van der Waals surface area contributed by atoms with Gasteiger partial charge in [0, 0.05) is 11.6 Å². The van der Waals surface area contributed by atoms with E-state index in [9.17, 15) is 0 Å². The van der Waals surface area contributed by atoms with Crippen LogP contribution in [0.1, 0.15) is 11.3 Å². The van der Waals surface area contributed by atoms with Crippen LogP contribution >= 0.6 is 0 Å². The van der Waals surface area contributed by atoms with E-state index in [0.29, 0.717) is 0 Å². The normalized spacial score (nSPS) is 10.7. The smallest absolute Gasteiger partial charge is 0.152 e. The Morgan fingerprint density at radius 1 is 1.36 bits per heavy atom. The molecule has 0 saturated carbocycles. The van der Waals surface area contributed by atoms with Crippen LogP contribution in [-0.4, -0.2) is 4.98 Å². The molecule has 11 heavy (non-hydrogen) atoms. The van der Waals surface area contributed by atoms with Crippen molar-refractivity contribution in [2.24, 2.45) is 0 Å². The van der Waals surface area contributed by atoms with Gasteiger partial charge in [0.25, 0.3) is 0 Å². The van der Waals surface area contributed by atoms with Gasteiger partial charge in [-0.3, -0.25) is 4.98 Å². The molecule has 2 aromatic heterocycles. The van der Waals surface area contributed by atoms with Gasteiger partial charge in [-0.15, -0.1) is 0 Å². The van der Waals surface area contributed by atoms with E-state index >= 15 is 0 Å². The highest BCUT2D eigenvalue weighted by Crippen LogP contribution is 2.22. The van der Waals surface area contributed by atoms with Crippen molar-refractivity contribution in [3.63, 3.8) is 0 Å². The highest BCUT2D eigenvalue weighted by Gasteiger charge is 2.04. The summed E-state index contributed by atoms with van der Waals surface area (Å²) in [6.07, 6.45) is 3.53. The third kappa shape index (κ3) is 0.827. The number of rotatable bonds is 0. The van der Waals surface area contributed by atoms with Gasteiger partial charge in [-0.1, -0.05) is 0 Å². The molecular formula is C9H9NO. The zero-order valence-electron chi connectivity index (χ0n) is 6.59. The summed E-state index contributed by atoms with van der Waals surface area (Å²) in [5.74, 6) is 0.980. The molecule has 2 rings (SSSR count). The first-order chi connectivity index (χ1) is 5.29. The van der Waals surface area contributed by atoms with Gasteiger partial charge in [-0.25, -0.2) is 0 Å². The van der Waals surface area contributed by atoms with Crippen LogP contribution in [0.2, 0.25) is 0 Å². The fourth-order valence-electron chi connectivity index (χ4n) is 1.20. The van der Waals surface area contributed by atoms with Gasteiger partial charge in [0.15, 0.2) is 5.58 Å². The summed E-state index contributed by atoms with van der Waals surface area (Å²) in [7, 11) is 0. The first kappa shape index (κ1) is 6.40. The number of furan rings is 1. The molecule has 0 amide bonds. The topological polar surface area (TPSA) is 26.0 Å². The Balaban J connectivity index is 2.92. The molecule has 0 saturated heterocycles. The minimum atomic E-state index is 0.877. The van der Waals surface area contributed by atoms with Crippen molar-refractivity contribution in [3.8, 4) is 0 Å². The van der Waals surface area contributed by atoms with E-state index in [1.165, 1.54) is 5.56 Å². The Morgan fingerprint density at radius 3 is 2.91 bits per heavy atom. The molecular weight excluding hydrogens is 138 g/mol. The second-order valence-electron chi connectivity index (χ2n) is 2.66. The average Bonchev–Trinajstić information content (AvgIpc) is 2.30. The molecule has 2 nitrogen and oxygen atoms in total. The van der Waals surface area contributed by atoms with Crippen LogP contribution in [0.4, 0.5) is 0 Å². The molecule has 0 atom stereocenters. The highest BCUT2D eigenvalue weighted by atomic mass is 16.3. The van der Waals surface area contributed by atoms with E-state index in [1.807, 2.05) is 13.0 Å². The summed E-state index contributed by atoms with van der Waals surface area (Å²) in [6.45, 7) is 4.02. The molecule has 0 aliphatic carbocycles. The predicted molar refractivity (Wildman–Crippen MR) is 43.5 cm³/mol. The molecule has 56 valence electrons. The van der Waals surface area contributed by atoms with Crippen LogP contribution < -0.4 is 0 Å². The summed E-state index contributed by atoms with van der Waals surface area (Å²) in [5.41, 5.74) is 2.09. The minimum Gasteiger partial charge on any atom is -0.459 e. The summed E-state index contributed by atoms with van der Waals surface area (Å²) >= 11 is 0. The Morgan fingerprint density at radius 2 is 2.18 bits per heavy atom. The van der Waals surface area contributed by atoms with Crippen LogP contribution in [0.5, 0.6) is 0 Å². The van der Waals surface area contributed by atoms with E-state index in [0.717, 1.165) is 16.7 Å². The molecule has 0 aliphatic rings. The minimum absolute atomic E-state index is 0.877. The molecule has 0 aliphatic heterocycles. The number of nitrogens with zero attached hydrogens (tertiary/aromatic N) is 1. The third-order valence-electron chi connectivity index (χ3n) is 1.98. The summed E-state index contributed by atoms with van der Waals surface area (Å²) < 4.78 is 5.44. The lowest BCUT2D eigenvalue weighted by Crippen LogP contribution is -1.70. The van der Waals surface area contributed by atoms with E-state index in [1.54, 1.807) is 12.4 Å². The van der Waals surface area contributed by atoms with Gasteiger partial charge in [-0.05, 0) is 25.5 Å². The number of aromatic nitrogens is 1. The molecule has 0 bridgehead atoms. The van der Waals surface area contributed by atoms with Gasteiger partial charge in [-0.2, -0.15) is 0 Å². The Bertz CT molecular complexity index is 389. The number of hydrogen-bond acceptors (Lipinski definition) is 2. The van der Waals surface area contributed by atoms with Crippen LogP contribution in [0.3, 0.4) is 0 Å². The molecule has 2 heteroatoms. The number of fused-ring (bicyclic) bond motifs is 1. The van der Waals surface area contributed by atoms with Gasteiger partial charge in [0.2, 0.25) is 0 Å². The maximum absolute atomic E-state index is 5.44.